The Bertz CT molecular complexity index is 860. The van der Waals surface area contributed by atoms with Gasteiger partial charge in [-0.1, -0.05) is 195 Å². The van der Waals surface area contributed by atoms with E-state index in [1.807, 2.05) is 0 Å². The van der Waals surface area contributed by atoms with Crippen LogP contribution in [0, 0.1) is 17.8 Å². The predicted octanol–water partition coefficient (Wildman–Crippen LogP) is 15.5. The van der Waals surface area contributed by atoms with E-state index in [0.717, 1.165) is 90.0 Å². The van der Waals surface area contributed by atoms with Crippen LogP contribution in [0.5, 0.6) is 0 Å². The van der Waals surface area contributed by atoms with Gasteiger partial charge in [0.25, 0.3) is 0 Å². The molecule has 0 radical (unpaired) electrons. The highest BCUT2D eigenvalue weighted by Gasteiger charge is 2.20. The largest absolute Gasteiger partial charge is 0.466 e. The molecule has 0 rings (SSSR count). The Morgan fingerprint density at radius 2 is 0.667 bits per heavy atom. The molecule has 0 bridgehead atoms. The number of nitrogens with zero attached hydrogens (tertiary/aromatic N) is 1. The van der Waals surface area contributed by atoms with E-state index >= 15 is 0 Å². The summed E-state index contributed by atoms with van der Waals surface area (Å²) in [5.41, 5.74) is 0. The second-order valence-corrected chi connectivity index (χ2v) is 18.8. The van der Waals surface area contributed by atoms with Crippen LogP contribution < -0.4 is 0 Å². The zero-order chi connectivity index (χ0) is 44.2. The van der Waals surface area contributed by atoms with Crippen molar-refractivity contribution in [3.63, 3.8) is 0 Å². The van der Waals surface area contributed by atoms with E-state index < -0.39 is 0 Å². The fourth-order valence-corrected chi connectivity index (χ4v) is 8.55. The van der Waals surface area contributed by atoms with Gasteiger partial charge in [-0.25, -0.2) is 0 Å². The van der Waals surface area contributed by atoms with Crippen LogP contribution in [0.2, 0.25) is 0 Å². The molecule has 0 aromatic heterocycles. The summed E-state index contributed by atoms with van der Waals surface area (Å²) in [6.07, 6.45) is 42.0. The molecule has 0 aliphatic heterocycles. The van der Waals surface area contributed by atoms with Gasteiger partial charge in [0.1, 0.15) is 0 Å². The van der Waals surface area contributed by atoms with Crippen molar-refractivity contribution in [1.82, 2.24) is 4.90 Å². The maximum absolute atomic E-state index is 13.1. The van der Waals surface area contributed by atoms with E-state index in [4.69, 9.17) is 14.2 Å². The number of carbonyl (C=O) groups excluding carboxylic acids is 3. The summed E-state index contributed by atoms with van der Waals surface area (Å²) < 4.78 is 17.0. The van der Waals surface area contributed by atoms with Gasteiger partial charge < -0.3 is 19.1 Å². The first-order valence-electron chi connectivity index (χ1n) is 26.4. The lowest BCUT2D eigenvalue weighted by molar-refractivity contribution is -0.149. The van der Waals surface area contributed by atoms with Gasteiger partial charge in [-0.2, -0.15) is 0 Å². The van der Waals surface area contributed by atoms with Crippen molar-refractivity contribution < 1.29 is 28.6 Å². The van der Waals surface area contributed by atoms with Crippen LogP contribution in [0.3, 0.4) is 0 Å². The normalized spacial score (nSPS) is 11.7. The summed E-state index contributed by atoms with van der Waals surface area (Å²) in [7, 11) is 4.11. The average Bonchev–Trinajstić information content (AvgIpc) is 3.22. The first-order chi connectivity index (χ1) is 29.3. The quantitative estimate of drug-likeness (QED) is 0.0343. The van der Waals surface area contributed by atoms with E-state index in [1.54, 1.807) is 0 Å². The molecular formula is C53H103NO6. The van der Waals surface area contributed by atoms with Crippen molar-refractivity contribution in [2.45, 2.75) is 265 Å². The Balaban J connectivity index is 4.20. The number of hydrogen-bond donors (Lipinski definition) is 0. The zero-order valence-electron chi connectivity index (χ0n) is 41.1. The molecule has 0 heterocycles. The van der Waals surface area contributed by atoms with E-state index in [1.165, 1.54) is 141 Å². The van der Waals surface area contributed by atoms with Crippen LogP contribution in [0.1, 0.15) is 265 Å². The number of rotatable bonds is 47. The number of esters is 3. The summed E-state index contributed by atoms with van der Waals surface area (Å²) in [5, 5.41) is 0. The Hall–Kier alpha value is -1.63. The number of ether oxygens (including phenoxy) is 3. The fraction of sp³-hybridized carbons (Fsp3) is 0.943. The van der Waals surface area contributed by atoms with Gasteiger partial charge in [0.2, 0.25) is 0 Å². The second-order valence-electron chi connectivity index (χ2n) is 18.8. The molecule has 0 aromatic rings. The smallest absolute Gasteiger partial charge is 0.308 e. The van der Waals surface area contributed by atoms with Crippen molar-refractivity contribution in [2.24, 2.45) is 17.8 Å². The third-order valence-electron chi connectivity index (χ3n) is 12.5. The Kier molecular flexibility index (Phi) is 44.2. The van der Waals surface area contributed by atoms with Crippen molar-refractivity contribution in [3.05, 3.63) is 0 Å². The van der Waals surface area contributed by atoms with E-state index in [-0.39, 0.29) is 23.8 Å². The summed E-state index contributed by atoms with van der Waals surface area (Å²) in [5.74, 6) is 1.06. The summed E-state index contributed by atoms with van der Waals surface area (Å²) in [4.78, 5) is 40.2. The maximum atomic E-state index is 13.1. The molecule has 0 spiro atoms. The molecule has 0 amide bonds. The Morgan fingerprint density at radius 3 is 1.00 bits per heavy atom. The van der Waals surface area contributed by atoms with E-state index in [2.05, 4.69) is 46.7 Å². The van der Waals surface area contributed by atoms with Crippen molar-refractivity contribution in [2.75, 3.05) is 40.5 Å². The predicted molar refractivity (Wildman–Crippen MR) is 255 cm³/mol. The monoisotopic (exact) mass is 850 g/mol. The highest BCUT2D eigenvalue weighted by atomic mass is 16.5. The molecule has 0 aromatic carbocycles. The number of carbonyl (C=O) groups is 3. The van der Waals surface area contributed by atoms with Gasteiger partial charge in [0, 0.05) is 19.4 Å². The second kappa shape index (κ2) is 45.4. The van der Waals surface area contributed by atoms with Gasteiger partial charge >= 0.3 is 17.9 Å². The van der Waals surface area contributed by atoms with E-state index in [0.29, 0.717) is 44.5 Å². The average molecular weight is 850 g/mol. The zero-order valence-corrected chi connectivity index (χ0v) is 41.1. The molecule has 7 heteroatoms. The summed E-state index contributed by atoms with van der Waals surface area (Å²) >= 11 is 0. The minimum absolute atomic E-state index is 0.0111. The minimum Gasteiger partial charge on any atom is -0.466 e. The SMILES string of the molecule is CCCCCC(CCCCC)CC(=O)OCCCCCCCCCCC(CCCCCCCCCCOC(=O)CC(CCCCC)CCCCC)C(=O)OCCCN(C)C. The summed E-state index contributed by atoms with van der Waals surface area (Å²) in [6.45, 7) is 11.6. The highest BCUT2D eigenvalue weighted by Crippen LogP contribution is 2.24. The molecular weight excluding hydrogens is 747 g/mol. The lowest BCUT2D eigenvalue weighted by Crippen LogP contribution is -2.21. The Morgan fingerprint density at radius 1 is 0.367 bits per heavy atom. The molecule has 0 aliphatic rings. The molecule has 0 saturated heterocycles. The van der Waals surface area contributed by atoms with Crippen molar-refractivity contribution in [1.29, 1.82) is 0 Å². The topological polar surface area (TPSA) is 82.1 Å². The first-order valence-corrected chi connectivity index (χ1v) is 26.4. The standard InChI is InChI=1S/C53H103NO6/c1-7-11-27-36-48(37-28-12-8-2)46-51(55)58-43-33-25-21-17-15-19-23-31-40-50(53(57)60-45-35-42-54(5)6)41-32-24-20-16-18-22-26-34-44-59-52(56)47-49(38-29-13-9-3)39-30-14-10-4/h48-50H,7-47H2,1-6H3. The van der Waals surface area contributed by atoms with Crippen LogP contribution in [0.4, 0.5) is 0 Å². The molecule has 356 valence electrons. The molecule has 0 N–H and O–H groups in total. The van der Waals surface area contributed by atoms with Crippen LogP contribution in [-0.2, 0) is 28.6 Å². The molecule has 0 saturated carbocycles. The first kappa shape index (κ1) is 58.4. The molecule has 0 fully saturated rings. The van der Waals surface area contributed by atoms with Gasteiger partial charge in [0.15, 0.2) is 0 Å². The van der Waals surface area contributed by atoms with Crippen molar-refractivity contribution in [3.8, 4) is 0 Å². The number of unbranched alkanes of at least 4 members (excludes halogenated alkanes) is 22. The Labute approximate surface area is 373 Å². The third kappa shape index (κ3) is 40.4. The van der Waals surface area contributed by atoms with Gasteiger partial charge in [-0.15, -0.1) is 0 Å². The molecule has 60 heavy (non-hydrogen) atoms. The molecule has 7 nitrogen and oxygen atoms in total. The molecule has 0 aliphatic carbocycles. The van der Waals surface area contributed by atoms with Crippen molar-refractivity contribution >= 4 is 17.9 Å². The fourth-order valence-electron chi connectivity index (χ4n) is 8.55. The van der Waals surface area contributed by atoms with Gasteiger partial charge in [-0.3, -0.25) is 14.4 Å². The maximum Gasteiger partial charge on any atom is 0.308 e. The van der Waals surface area contributed by atoms with E-state index in [9.17, 15) is 14.4 Å². The minimum atomic E-state index is 0.0111. The van der Waals surface area contributed by atoms with Crippen LogP contribution in [0.15, 0.2) is 0 Å². The van der Waals surface area contributed by atoms with Gasteiger partial charge in [0.05, 0.1) is 25.7 Å². The third-order valence-corrected chi connectivity index (χ3v) is 12.5. The lowest BCUT2D eigenvalue weighted by atomic mass is 9.92. The summed E-state index contributed by atoms with van der Waals surface area (Å²) in [6, 6.07) is 0. The van der Waals surface area contributed by atoms with Crippen LogP contribution >= 0.6 is 0 Å². The molecule has 0 unspecified atom stereocenters. The lowest BCUT2D eigenvalue weighted by Gasteiger charge is -2.17. The number of hydrogen-bond acceptors (Lipinski definition) is 7. The van der Waals surface area contributed by atoms with Crippen LogP contribution in [0.25, 0.3) is 0 Å². The highest BCUT2D eigenvalue weighted by molar-refractivity contribution is 5.72. The van der Waals surface area contributed by atoms with Crippen LogP contribution in [-0.4, -0.2) is 63.3 Å². The van der Waals surface area contributed by atoms with Gasteiger partial charge in [-0.05, 0) is 83.7 Å². The molecule has 0 atom stereocenters.